The van der Waals surface area contributed by atoms with Gasteiger partial charge in [-0.15, -0.1) is 0 Å². The molecule has 12 fully saturated rings. The highest BCUT2D eigenvalue weighted by Crippen LogP contribution is 2.60. The molecule has 8 aliphatic carbocycles. The molecule has 4 heterocycles. The molecule has 4 atom stereocenters. The minimum Gasteiger partial charge on any atom is -0.469 e. The van der Waals surface area contributed by atoms with E-state index in [9.17, 15) is 27.9 Å². The number of carbonyl (C=O) groups excluding carboxylic acids is 3. The number of esters is 2. The molecule has 47 heavy (non-hydrogen) atoms. The number of aliphatic hydroxyl groups is 1. The Bertz CT molecular complexity index is 987. The van der Waals surface area contributed by atoms with Gasteiger partial charge in [-0.05, 0) is 132 Å². The second-order valence-electron chi connectivity index (χ2n) is 16.4. The molecule has 4 aliphatic heterocycles. The topological polar surface area (TPSA) is 114 Å². The largest absolute Gasteiger partial charge is 0.469 e. The van der Waals surface area contributed by atoms with Crippen molar-refractivity contribution in [3.8, 4) is 0 Å². The first-order valence-corrected chi connectivity index (χ1v) is 17.9. The van der Waals surface area contributed by atoms with Crippen molar-refractivity contribution in [3.63, 3.8) is 0 Å². The van der Waals surface area contributed by atoms with Gasteiger partial charge in [0, 0.05) is 25.5 Å². The molecular weight excluding hydrogens is 613 g/mol. The number of hydrogen-bond donors (Lipinski definition) is 3. The number of hydrogen-bond acceptors (Lipinski definition) is 8. The van der Waals surface area contributed by atoms with E-state index in [1.165, 1.54) is 52.1 Å². The molecule has 268 valence electrons. The average Bonchev–Trinajstić information content (AvgIpc) is 2.99. The fraction of sp³-hybridized carbons (Fsp3) is 0.917. The van der Waals surface area contributed by atoms with Crippen molar-refractivity contribution >= 4 is 18.2 Å². The average molecular weight is 672 g/mol. The number of alkyl halides is 3. The monoisotopic (exact) mass is 671 g/mol. The molecule has 0 radical (unpaired) electrons. The van der Waals surface area contributed by atoms with E-state index in [-0.39, 0.29) is 28.4 Å². The third-order valence-electron chi connectivity index (χ3n) is 12.7. The van der Waals surface area contributed by atoms with Gasteiger partial charge in [0.2, 0.25) is 6.29 Å². The second-order valence-corrected chi connectivity index (χ2v) is 16.4. The zero-order valence-corrected chi connectivity index (χ0v) is 28.4. The number of ether oxygens (including phenoxy) is 2. The number of rotatable bonds is 2. The van der Waals surface area contributed by atoms with E-state index in [1.807, 2.05) is 0 Å². The molecule has 4 saturated heterocycles. The highest BCUT2D eigenvalue weighted by Gasteiger charge is 2.56. The quantitative estimate of drug-likeness (QED) is 0.247. The lowest BCUT2D eigenvalue weighted by Crippen LogP contribution is -2.62. The standard InChI is InChI=1S/C12H18O2.C11H17NO2.C9H15NO.C2HF3O.C2H6/c1-14-11(13)12-5-8-2-9(6-12)4-10(3-8)7-12;1-14-10(13)11-4-7-2-8(5-11)12-9(3-7)6-11;11-9-3-6-1-7(4-9)10-8(2-6)5-9;3-2(4,5)1-6;1-2/h8-10H,2-7H2,1H3;7-9,12H,2-6H2,1H3;6-8,10-11H,1-5H2;1H;1-2H3/i;;;;1D. The van der Waals surface area contributed by atoms with E-state index < -0.39 is 12.5 Å². The van der Waals surface area contributed by atoms with E-state index in [0.29, 0.717) is 31.1 Å². The molecule has 12 aliphatic rings. The van der Waals surface area contributed by atoms with Gasteiger partial charge >= 0.3 is 18.1 Å². The Kier molecular flexibility index (Phi) is 10.7. The third-order valence-corrected chi connectivity index (χ3v) is 12.7. The summed E-state index contributed by atoms with van der Waals surface area (Å²) in [4.78, 5) is 32.4. The number of nitrogens with one attached hydrogen (secondary N) is 2. The molecule has 11 heteroatoms. The maximum absolute atomic E-state index is 11.8. The predicted octanol–water partition coefficient (Wildman–Crippen LogP) is 5.88. The normalized spacial score (nSPS) is 45.3. The summed E-state index contributed by atoms with van der Waals surface area (Å²) in [6.45, 7) is 2.29. The lowest BCUT2D eigenvalue weighted by molar-refractivity contribution is -0.168. The summed E-state index contributed by atoms with van der Waals surface area (Å²) in [5.41, 5.74) is -0.429. The van der Waals surface area contributed by atoms with Crippen molar-refractivity contribution in [1.29, 1.82) is 0 Å². The fourth-order valence-electron chi connectivity index (χ4n) is 12.1. The van der Waals surface area contributed by atoms with E-state index in [1.54, 1.807) is 14.0 Å². The predicted molar refractivity (Wildman–Crippen MR) is 170 cm³/mol. The summed E-state index contributed by atoms with van der Waals surface area (Å²) in [5.74, 6) is 4.22. The summed E-state index contributed by atoms with van der Waals surface area (Å²) in [6, 6.07) is 2.46. The Morgan fingerprint density at radius 3 is 1.26 bits per heavy atom. The van der Waals surface area contributed by atoms with Gasteiger partial charge in [0.15, 0.2) is 0 Å². The van der Waals surface area contributed by atoms with Crippen LogP contribution in [0, 0.1) is 40.4 Å². The van der Waals surface area contributed by atoms with Crippen molar-refractivity contribution in [2.24, 2.45) is 40.4 Å². The fourth-order valence-corrected chi connectivity index (χ4v) is 12.1. The van der Waals surface area contributed by atoms with E-state index >= 15 is 0 Å². The molecule has 3 N–H and O–H groups in total. The summed E-state index contributed by atoms with van der Waals surface area (Å²) in [7, 11) is 3.06. The Balaban J connectivity index is 0.000000126. The minimum absolute atomic E-state index is 0.0402. The van der Waals surface area contributed by atoms with Crippen LogP contribution in [0.2, 0.25) is 0 Å². The number of carbonyl (C=O) groups is 3. The van der Waals surface area contributed by atoms with Gasteiger partial charge in [-0.3, -0.25) is 14.4 Å². The number of halogens is 3. The first kappa shape index (κ1) is 35.1. The molecule has 4 unspecified atom stereocenters. The third kappa shape index (κ3) is 8.19. The van der Waals surface area contributed by atoms with Crippen LogP contribution in [0.1, 0.15) is 118 Å². The summed E-state index contributed by atoms with van der Waals surface area (Å²) in [5, 5.41) is 17.3. The Labute approximate surface area is 279 Å². The van der Waals surface area contributed by atoms with Gasteiger partial charge in [-0.2, -0.15) is 13.2 Å². The molecule has 12 rings (SSSR count). The van der Waals surface area contributed by atoms with Gasteiger partial charge in [-0.25, -0.2) is 0 Å². The second kappa shape index (κ2) is 14.3. The number of aldehydes is 1. The van der Waals surface area contributed by atoms with Crippen molar-refractivity contribution in [3.05, 3.63) is 0 Å². The zero-order valence-electron chi connectivity index (χ0n) is 29.4. The van der Waals surface area contributed by atoms with E-state index in [2.05, 4.69) is 10.6 Å². The van der Waals surface area contributed by atoms with Gasteiger partial charge in [0.1, 0.15) is 0 Å². The van der Waals surface area contributed by atoms with Crippen LogP contribution in [0.25, 0.3) is 0 Å². The van der Waals surface area contributed by atoms with Gasteiger partial charge in [0.05, 0.1) is 30.7 Å². The molecule has 12 bridgehead atoms. The molecular formula is C36H57F3N2O6. The Morgan fingerprint density at radius 1 is 0.681 bits per heavy atom. The van der Waals surface area contributed by atoms with Crippen LogP contribution in [0.3, 0.4) is 0 Å². The highest BCUT2D eigenvalue weighted by atomic mass is 19.4. The van der Waals surface area contributed by atoms with E-state index in [0.717, 1.165) is 87.4 Å². The number of piperidine rings is 4. The van der Waals surface area contributed by atoms with Crippen molar-refractivity contribution in [2.45, 2.75) is 153 Å². The molecule has 0 aromatic rings. The first-order valence-electron chi connectivity index (χ1n) is 18.6. The SMILES string of the molecule is COC(=O)C12CC3CC(C1)NC(C3)C2.COC(=O)C12CC3CC(CC(C3)C1)C2.O=CC(F)(F)F.OC12CC3CC(C1)NC(C3)C2.[2H]CC. The molecule has 0 aromatic heterocycles. The van der Waals surface area contributed by atoms with Crippen molar-refractivity contribution < 1.29 is 43.5 Å². The summed E-state index contributed by atoms with van der Waals surface area (Å²) in [6.07, 6.45) is 13.2. The minimum atomic E-state index is -4.64. The Hall–Kier alpha value is -1.72. The van der Waals surface area contributed by atoms with Gasteiger partial charge in [0.25, 0.3) is 0 Å². The van der Waals surface area contributed by atoms with Crippen LogP contribution < -0.4 is 10.6 Å². The molecule has 0 amide bonds. The van der Waals surface area contributed by atoms with Crippen molar-refractivity contribution in [2.75, 3.05) is 14.2 Å². The molecule has 0 spiro atoms. The van der Waals surface area contributed by atoms with Crippen LogP contribution in [-0.4, -0.2) is 73.5 Å². The first-order chi connectivity index (χ1) is 22.6. The zero-order chi connectivity index (χ0) is 34.9. The summed E-state index contributed by atoms with van der Waals surface area (Å²) >= 11 is 0. The van der Waals surface area contributed by atoms with Crippen LogP contribution >= 0.6 is 0 Å². The Morgan fingerprint density at radius 2 is 0.979 bits per heavy atom. The van der Waals surface area contributed by atoms with Crippen LogP contribution in [-0.2, 0) is 23.9 Å². The molecule has 0 aromatic carbocycles. The summed E-state index contributed by atoms with van der Waals surface area (Å²) < 4.78 is 47.4. The lowest BCUT2D eigenvalue weighted by Gasteiger charge is -2.55. The van der Waals surface area contributed by atoms with Gasteiger partial charge in [-0.1, -0.05) is 13.8 Å². The molecule has 8 nitrogen and oxygen atoms in total. The van der Waals surface area contributed by atoms with Crippen molar-refractivity contribution in [1.82, 2.24) is 10.6 Å². The smallest absolute Gasteiger partial charge is 0.446 e. The number of methoxy groups -OCH3 is 2. The maximum Gasteiger partial charge on any atom is 0.446 e. The van der Waals surface area contributed by atoms with Crippen LogP contribution in [0.4, 0.5) is 13.2 Å². The van der Waals surface area contributed by atoms with Crippen LogP contribution in [0.5, 0.6) is 0 Å². The lowest BCUT2D eigenvalue weighted by atomic mass is 9.49. The van der Waals surface area contributed by atoms with Crippen LogP contribution in [0.15, 0.2) is 0 Å². The molecule has 8 saturated carbocycles. The maximum atomic E-state index is 11.8. The van der Waals surface area contributed by atoms with E-state index in [4.69, 9.17) is 15.6 Å². The van der Waals surface area contributed by atoms with Gasteiger partial charge < -0.3 is 25.2 Å². The highest BCUT2D eigenvalue weighted by molar-refractivity contribution is 5.78.